The fraction of sp³-hybridized carbons (Fsp3) is 0. The smallest absolute Gasteiger partial charge is 0.147 e. The molecule has 0 unspecified atom stereocenters. The Morgan fingerprint density at radius 3 is 1.44 bits per heavy atom. The first-order chi connectivity index (χ1) is 7.86. The highest BCUT2D eigenvalue weighted by atomic mass is 32.2. The largest absolute Gasteiger partial charge is 0.184 e. The molecule has 2 nitrogen and oxygen atoms in total. The molecule has 0 bridgehead atoms. The zero-order valence-corrected chi connectivity index (χ0v) is 9.65. The highest BCUT2D eigenvalue weighted by Gasteiger charge is 1.88. The molecule has 1 rings (SSSR count). The number of thiocyanates is 2. The van der Waals surface area contributed by atoms with Crippen LogP contribution < -0.4 is 0 Å². The Hall–Kier alpha value is -1.98. The van der Waals surface area contributed by atoms with Gasteiger partial charge in [-0.3, -0.25) is 0 Å². The Labute approximate surface area is 103 Å². The van der Waals surface area contributed by atoms with Crippen molar-refractivity contribution >= 4 is 23.5 Å². The van der Waals surface area contributed by atoms with Gasteiger partial charge in [-0.1, -0.05) is 11.8 Å². The van der Waals surface area contributed by atoms with E-state index in [0.29, 0.717) is 0 Å². The van der Waals surface area contributed by atoms with E-state index in [1.807, 2.05) is 35.1 Å². The Balaban J connectivity index is 2.72. The number of hydrogen-bond acceptors (Lipinski definition) is 4. The van der Waals surface area contributed by atoms with Crippen molar-refractivity contribution in [1.82, 2.24) is 0 Å². The fourth-order valence-electron chi connectivity index (χ4n) is 0.851. The Morgan fingerprint density at radius 2 is 1.12 bits per heavy atom. The minimum atomic E-state index is 0.834. The molecule has 1 aromatic carbocycles. The fourth-order valence-corrected chi connectivity index (χ4v) is 1.28. The van der Waals surface area contributed by atoms with Crippen molar-refractivity contribution in [3.63, 3.8) is 0 Å². The predicted molar refractivity (Wildman–Crippen MR) is 66.6 cm³/mol. The van der Waals surface area contributed by atoms with Crippen molar-refractivity contribution in [1.29, 1.82) is 10.5 Å². The minimum Gasteiger partial charge on any atom is -0.184 e. The van der Waals surface area contributed by atoms with Crippen LogP contribution >= 0.6 is 23.5 Å². The van der Waals surface area contributed by atoms with Gasteiger partial charge in [-0.15, -0.1) is 0 Å². The second-order valence-electron chi connectivity index (χ2n) is 2.42. The molecule has 0 aromatic heterocycles. The summed E-state index contributed by atoms with van der Waals surface area (Å²) >= 11 is 1.80. The molecule has 0 saturated carbocycles. The lowest BCUT2D eigenvalue weighted by atomic mass is 10.1. The van der Waals surface area contributed by atoms with Crippen LogP contribution in [-0.4, -0.2) is 0 Å². The highest BCUT2D eigenvalue weighted by molar-refractivity contribution is 8.08. The van der Waals surface area contributed by atoms with Crippen LogP contribution in [0.3, 0.4) is 0 Å². The second kappa shape index (κ2) is 7.33. The van der Waals surface area contributed by atoms with E-state index in [1.165, 1.54) is 0 Å². The summed E-state index contributed by atoms with van der Waals surface area (Å²) in [5.74, 6) is 5.65. The highest BCUT2D eigenvalue weighted by Crippen LogP contribution is 2.03. The molecule has 1 aromatic rings. The lowest BCUT2D eigenvalue weighted by Gasteiger charge is -1.90. The standard InChI is InChI=1S/C12H4N2S2/c13-9-15-7-5-11-1-2-12(4-3-11)6-8-16-10-14/h1-4H. The van der Waals surface area contributed by atoms with E-state index >= 15 is 0 Å². The third-order valence-corrected chi connectivity index (χ3v) is 2.06. The van der Waals surface area contributed by atoms with Gasteiger partial charge in [-0.2, -0.15) is 10.5 Å². The summed E-state index contributed by atoms with van der Waals surface area (Å²) in [6.07, 6.45) is 0. The Morgan fingerprint density at radius 1 is 0.750 bits per heavy atom. The van der Waals surface area contributed by atoms with Gasteiger partial charge in [0.05, 0.1) is 0 Å². The van der Waals surface area contributed by atoms with Gasteiger partial charge >= 0.3 is 0 Å². The van der Waals surface area contributed by atoms with E-state index in [9.17, 15) is 0 Å². The SMILES string of the molecule is N#CSC#Cc1ccc(C#CSC#N)cc1. The quantitative estimate of drug-likeness (QED) is 0.517. The van der Waals surface area contributed by atoms with Crippen molar-refractivity contribution < 1.29 is 0 Å². The molecular formula is C12H4N2S2. The summed E-state index contributed by atoms with van der Waals surface area (Å²) in [5, 5.41) is 25.6. The van der Waals surface area contributed by atoms with Crippen LogP contribution in [0, 0.1) is 43.7 Å². The van der Waals surface area contributed by atoms with Crippen molar-refractivity contribution in [2.45, 2.75) is 0 Å². The Bertz CT molecular complexity index is 501. The predicted octanol–water partition coefficient (Wildman–Crippen LogP) is 2.73. The molecular weight excluding hydrogens is 236 g/mol. The zero-order chi connectivity index (χ0) is 11.6. The maximum atomic E-state index is 8.27. The number of benzene rings is 1. The first-order valence-electron chi connectivity index (χ1n) is 4.09. The molecule has 0 atom stereocenters. The van der Waals surface area contributed by atoms with E-state index in [0.717, 1.165) is 34.7 Å². The average Bonchev–Trinajstić information content (AvgIpc) is 2.32. The second-order valence-corrected chi connectivity index (χ2v) is 3.60. The number of nitrogens with zero attached hydrogens (tertiary/aromatic N) is 2. The van der Waals surface area contributed by atoms with Crippen LogP contribution in [0.15, 0.2) is 24.3 Å². The van der Waals surface area contributed by atoms with Gasteiger partial charge < -0.3 is 0 Å². The zero-order valence-electron chi connectivity index (χ0n) is 8.02. The average molecular weight is 240 g/mol. The van der Waals surface area contributed by atoms with Crippen LogP contribution in [-0.2, 0) is 0 Å². The summed E-state index contributed by atoms with van der Waals surface area (Å²) in [6.45, 7) is 0. The first kappa shape index (κ1) is 12.1. The van der Waals surface area contributed by atoms with Gasteiger partial charge in [-0.05, 0) is 34.8 Å². The van der Waals surface area contributed by atoms with Gasteiger partial charge in [-0.25, -0.2) is 0 Å². The van der Waals surface area contributed by atoms with Crippen LogP contribution in [0.25, 0.3) is 0 Å². The first-order valence-corrected chi connectivity index (χ1v) is 5.72. The lowest BCUT2D eigenvalue weighted by Crippen LogP contribution is -1.75. The molecule has 0 aliphatic heterocycles. The molecule has 4 heteroatoms. The van der Waals surface area contributed by atoms with Crippen molar-refractivity contribution in [2.24, 2.45) is 0 Å². The molecule has 16 heavy (non-hydrogen) atoms. The van der Waals surface area contributed by atoms with Crippen LogP contribution in [0.1, 0.15) is 11.1 Å². The van der Waals surface area contributed by atoms with E-state index in [1.54, 1.807) is 0 Å². The molecule has 0 heterocycles. The van der Waals surface area contributed by atoms with E-state index < -0.39 is 0 Å². The number of hydrogen-bond donors (Lipinski definition) is 0. The van der Waals surface area contributed by atoms with Crippen molar-refractivity contribution in [3.05, 3.63) is 35.4 Å². The normalized spacial score (nSPS) is 7.38. The van der Waals surface area contributed by atoms with Crippen LogP contribution in [0.4, 0.5) is 0 Å². The van der Waals surface area contributed by atoms with E-state index in [-0.39, 0.29) is 0 Å². The topological polar surface area (TPSA) is 47.6 Å². The maximum Gasteiger partial charge on any atom is 0.147 e. The third-order valence-electron chi connectivity index (χ3n) is 1.47. The summed E-state index contributed by atoms with van der Waals surface area (Å²) in [5.41, 5.74) is 1.67. The number of thioether (sulfide) groups is 2. The van der Waals surface area contributed by atoms with Gasteiger partial charge in [0.25, 0.3) is 0 Å². The lowest BCUT2D eigenvalue weighted by molar-refractivity contribution is 1.57. The summed E-state index contributed by atoms with van der Waals surface area (Å²) in [7, 11) is 0. The molecule has 74 valence electrons. The van der Waals surface area contributed by atoms with Crippen LogP contribution in [0.5, 0.6) is 0 Å². The Kier molecular flexibility index (Phi) is 5.54. The minimum absolute atomic E-state index is 0.834. The molecule has 0 amide bonds. The van der Waals surface area contributed by atoms with Gasteiger partial charge in [0.2, 0.25) is 0 Å². The van der Waals surface area contributed by atoms with Crippen LogP contribution in [0.2, 0.25) is 0 Å². The molecule has 0 aliphatic carbocycles. The van der Waals surface area contributed by atoms with Gasteiger partial charge in [0.15, 0.2) is 0 Å². The van der Waals surface area contributed by atoms with E-state index in [2.05, 4.69) is 22.3 Å². The number of rotatable bonds is 0. The third kappa shape index (κ3) is 4.50. The summed E-state index contributed by atoms with van der Waals surface area (Å²) < 4.78 is 0. The van der Waals surface area contributed by atoms with Crippen molar-refractivity contribution in [3.8, 4) is 33.1 Å². The maximum absolute atomic E-state index is 8.27. The molecule has 0 N–H and O–H groups in total. The summed E-state index contributed by atoms with van der Waals surface area (Å²) in [4.78, 5) is 0. The molecule has 0 radical (unpaired) electrons. The van der Waals surface area contributed by atoms with Gasteiger partial charge in [0, 0.05) is 34.7 Å². The molecule has 0 spiro atoms. The monoisotopic (exact) mass is 240 g/mol. The molecule has 0 saturated heterocycles. The van der Waals surface area contributed by atoms with E-state index in [4.69, 9.17) is 10.5 Å². The van der Waals surface area contributed by atoms with Crippen molar-refractivity contribution in [2.75, 3.05) is 0 Å². The van der Waals surface area contributed by atoms with Gasteiger partial charge in [0.1, 0.15) is 10.8 Å². The molecule has 0 aliphatic rings. The summed E-state index contributed by atoms with van der Waals surface area (Å²) in [6, 6.07) is 7.30. The number of nitriles is 2. The molecule has 0 fully saturated rings.